The smallest absolute Gasteiger partial charge is 0.306 e. The zero-order chi connectivity index (χ0) is 34.2. The zero-order valence-corrected chi connectivity index (χ0v) is 32.0. The first kappa shape index (κ1) is 47.1. The molecule has 0 rings (SSSR count). The summed E-state index contributed by atoms with van der Waals surface area (Å²) in [6.07, 6.45) is 43.9. The van der Waals surface area contributed by atoms with Crippen LogP contribution in [0.1, 0.15) is 246 Å². The largest absolute Gasteiger partial charge is 0.481 e. The molecule has 0 aromatic carbocycles. The minimum absolute atomic E-state index is 0.0319. The lowest BCUT2D eigenvalue weighted by Gasteiger charge is -2.11. The van der Waals surface area contributed by atoms with E-state index >= 15 is 0 Å². The molecule has 0 heterocycles. The summed E-state index contributed by atoms with van der Waals surface area (Å²) in [6, 6.07) is 0. The van der Waals surface area contributed by atoms with Crippen molar-refractivity contribution >= 4 is 11.9 Å². The van der Waals surface area contributed by atoms with Crippen LogP contribution >= 0.6 is 0 Å². The van der Waals surface area contributed by atoms with Gasteiger partial charge in [-0.05, 0) is 26.2 Å². The summed E-state index contributed by atoms with van der Waals surface area (Å²) in [5.41, 5.74) is 0. The molecule has 0 bridgehead atoms. The molecule has 0 saturated heterocycles. The second kappa shape index (κ2) is 42.0. The highest BCUT2D eigenvalue weighted by Crippen LogP contribution is 2.19. The molecule has 0 aliphatic rings. The van der Waals surface area contributed by atoms with Crippen molar-refractivity contribution in [3.05, 3.63) is 0 Å². The van der Waals surface area contributed by atoms with Crippen molar-refractivity contribution < 1.29 is 19.4 Å². The summed E-state index contributed by atoms with van der Waals surface area (Å²) >= 11 is 0. The van der Waals surface area contributed by atoms with Crippen LogP contribution in [0.4, 0.5) is 0 Å². The van der Waals surface area contributed by atoms with E-state index in [1.165, 1.54) is 173 Å². The Morgan fingerprint density at radius 1 is 0.413 bits per heavy atom. The first-order chi connectivity index (χ1) is 22.5. The third-order valence-electron chi connectivity index (χ3n) is 9.45. The lowest BCUT2D eigenvalue weighted by atomic mass is 9.95. The molecule has 276 valence electrons. The van der Waals surface area contributed by atoms with Gasteiger partial charge in [0.25, 0.3) is 0 Å². The Morgan fingerprint density at radius 3 is 1.00 bits per heavy atom. The van der Waals surface area contributed by atoms with E-state index in [-0.39, 0.29) is 11.9 Å². The van der Waals surface area contributed by atoms with E-state index in [1.807, 2.05) is 6.92 Å². The fraction of sp³-hybridized carbons (Fsp3) is 0.952. The van der Waals surface area contributed by atoms with Crippen LogP contribution in [0, 0.1) is 5.92 Å². The van der Waals surface area contributed by atoms with Gasteiger partial charge in [0.15, 0.2) is 0 Å². The van der Waals surface area contributed by atoms with E-state index in [1.54, 1.807) is 0 Å². The molecule has 0 radical (unpaired) electrons. The number of unbranched alkanes of at least 4 members (excludes halogenated alkanes) is 28. The second-order valence-electron chi connectivity index (χ2n) is 14.1. The average molecular weight is 653 g/mol. The fourth-order valence-electron chi connectivity index (χ4n) is 6.30. The van der Waals surface area contributed by atoms with E-state index in [0.29, 0.717) is 13.0 Å². The third-order valence-corrected chi connectivity index (χ3v) is 9.45. The van der Waals surface area contributed by atoms with Crippen molar-refractivity contribution in [1.29, 1.82) is 0 Å². The van der Waals surface area contributed by atoms with Crippen molar-refractivity contribution in [2.24, 2.45) is 5.92 Å². The Bertz CT molecular complexity index is 590. The number of carboxylic acid groups (broad SMARTS) is 1. The van der Waals surface area contributed by atoms with Crippen molar-refractivity contribution in [1.82, 2.24) is 0 Å². The predicted octanol–water partition coefficient (Wildman–Crippen LogP) is 14.6. The number of hydrogen-bond acceptors (Lipinski definition) is 3. The van der Waals surface area contributed by atoms with Gasteiger partial charge in [-0.25, -0.2) is 0 Å². The van der Waals surface area contributed by atoms with Crippen LogP contribution in [0.15, 0.2) is 0 Å². The predicted molar refractivity (Wildman–Crippen MR) is 202 cm³/mol. The summed E-state index contributed by atoms with van der Waals surface area (Å²) in [7, 11) is 0. The summed E-state index contributed by atoms with van der Waals surface area (Å²) in [4.78, 5) is 22.3. The van der Waals surface area contributed by atoms with Gasteiger partial charge in [0.2, 0.25) is 0 Å². The monoisotopic (exact) mass is 653 g/mol. The number of ether oxygens (including phenoxy) is 1. The number of aliphatic carboxylic acids is 1. The summed E-state index contributed by atoms with van der Waals surface area (Å²) < 4.78 is 4.91. The van der Waals surface area contributed by atoms with Crippen molar-refractivity contribution in [2.45, 2.75) is 246 Å². The summed E-state index contributed by atoms with van der Waals surface area (Å²) in [5.74, 6) is -0.712. The fourth-order valence-corrected chi connectivity index (χ4v) is 6.30. The summed E-state index contributed by atoms with van der Waals surface area (Å²) in [5, 5.41) is 9.23. The zero-order valence-electron chi connectivity index (χ0n) is 32.0. The average Bonchev–Trinajstić information content (AvgIpc) is 3.04. The molecule has 46 heavy (non-hydrogen) atoms. The van der Waals surface area contributed by atoms with Crippen molar-refractivity contribution in [3.8, 4) is 0 Å². The number of carbonyl (C=O) groups is 2. The molecule has 0 spiro atoms. The Morgan fingerprint density at radius 2 is 0.696 bits per heavy atom. The van der Waals surface area contributed by atoms with Crippen molar-refractivity contribution in [2.75, 3.05) is 6.61 Å². The van der Waals surface area contributed by atoms with Gasteiger partial charge >= 0.3 is 11.9 Å². The van der Waals surface area contributed by atoms with Crippen LogP contribution in [-0.4, -0.2) is 23.7 Å². The van der Waals surface area contributed by atoms with E-state index in [4.69, 9.17) is 4.74 Å². The van der Waals surface area contributed by atoms with Gasteiger partial charge in [-0.1, -0.05) is 213 Å². The van der Waals surface area contributed by atoms with Gasteiger partial charge < -0.3 is 9.84 Å². The topological polar surface area (TPSA) is 63.6 Å². The van der Waals surface area contributed by atoms with E-state index in [0.717, 1.165) is 38.5 Å². The molecule has 0 amide bonds. The number of carbonyl (C=O) groups excluding carboxylic acids is 1. The van der Waals surface area contributed by atoms with E-state index in [2.05, 4.69) is 20.8 Å². The maximum atomic E-state index is 11.2. The van der Waals surface area contributed by atoms with Gasteiger partial charge in [0.1, 0.15) is 0 Å². The third kappa shape index (κ3) is 41.0. The quantitative estimate of drug-likeness (QED) is 0.0540. The first-order valence-corrected chi connectivity index (χ1v) is 20.9. The number of hydrogen-bond donors (Lipinski definition) is 1. The molecule has 4 nitrogen and oxygen atoms in total. The molecule has 0 aromatic rings. The summed E-state index contributed by atoms with van der Waals surface area (Å²) in [6.45, 7) is 9.06. The molecular formula is C42H84O4. The molecule has 1 N–H and O–H groups in total. The number of rotatable bonds is 36. The molecular weight excluding hydrogens is 568 g/mol. The Balaban J connectivity index is 0. The van der Waals surface area contributed by atoms with Crippen molar-refractivity contribution in [3.63, 3.8) is 0 Å². The van der Waals surface area contributed by atoms with Crippen LogP contribution in [0.3, 0.4) is 0 Å². The van der Waals surface area contributed by atoms with E-state index < -0.39 is 5.97 Å². The molecule has 0 aliphatic heterocycles. The Hall–Kier alpha value is -1.06. The van der Waals surface area contributed by atoms with Crippen LogP contribution in [0.25, 0.3) is 0 Å². The van der Waals surface area contributed by atoms with E-state index in [9.17, 15) is 14.7 Å². The van der Waals surface area contributed by atoms with Gasteiger partial charge in [0, 0.05) is 6.42 Å². The first-order valence-electron chi connectivity index (χ1n) is 20.9. The lowest BCUT2D eigenvalue weighted by molar-refractivity contribution is -0.143. The highest BCUT2D eigenvalue weighted by molar-refractivity contribution is 5.69. The maximum Gasteiger partial charge on any atom is 0.306 e. The molecule has 1 atom stereocenters. The van der Waals surface area contributed by atoms with Crippen LogP contribution < -0.4 is 0 Å². The SMILES string of the molecule is CCCCCCCCCCCCCCCC(=O)OCC.CCCCCCCCCCCCCCCCCCC(CCCC)C(=O)O. The minimum atomic E-state index is -0.584. The Kier molecular flexibility index (Phi) is 42.9. The van der Waals surface area contributed by atoms with Crippen LogP contribution in [0.5, 0.6) is 0 Å². The molecule has 0 aromatic heterocycles. The van der Waals surface area contributed by atoms with Crippen LogP contribution in [0.2, 0.25) is 0 Å². The second-order valence-corrected chi connectivity index (χ2v) is 14.1. The number of carboxylic acids is 1. The highest BCUT2D eigenvalue weighted by atomic mass is 16.5. The minimum Gasteiger partial charge on any atom is -0.481 e. The van der Waals surface area contributed by atoms with Gasteiger partial charge in [-0.2, -0.15) is 0 Å². The molecule has 4 heteroatoms. The molecule has 0 aliphatic carbocycles. The number of esters is 1. The van der Waals surface area contributed by atoms with Crippen LogP contribution in [-0.2, 0) is 14.3 Å². The highest BCUT2D eigenvalue weighted by Gasteiger charge is 2.15. The molecule has 0 saturated carbocycles. The molecule has 0 fully saturated rings. The normalized spacial score (nSPS) is 11.7. The van der Waals surface area contributed by atoms with Gasteiger partial charge in [0.05, 0.1) is 12.5 Å². The molecule has 1 unspecified atom stereocenters. The standard InChI is InChI=1S/C24H48O2.C18H36O2/c1-3-5-7-8-9-10-11-12-13-14-15-16-17-18-19-20-22-23(24(25)26)21-6-4-2;1-3-5-6-7-8-9-10-11-12-13-14-15-16-17-18(19)20-4-2/h23H,3-22H2,1-2H3,(H,25,26);3-17H2,1-2H3. The maximum absolute atomic E-state index is 11.2. The van der Waals surface area contributed by atoms with Gasteiger partial charge in [-0.15, -0.1) is 0 Å². The van der Waals surface area contributed by atoms with Gasteiger partial charge in [-0.3, -0.25) is 9.59 Å². The Labute approximate surface area is 289 Å². The lowest BCUT2D eigenvalue weighted by Crippen LogP contribution is -2.13.